The quantitative estimate of drug-likeness (QED) is 0.535. The summed E-state index contributed by atoms with van der Waals surface area (Å²) in [7, 11) is 2.08. The molecule has 0 saturated carbocycles. The monoisotopic (exact) mass is 356 g/mol. The number of nitrogens with one attached hydrogen (secondary N) is 1. The highest BCUT2D eigenvalue weighted by molar-refractivity contribution is 5.55. The van der Waals surface area contributed by atoms with Crippen LogP contribution in [0.25, 0.3) is 6.08 Å². The van der Waals surface area contributed by atoms with Crippen LogP contribution in [0.4, 0.5) is 0 Å². The summed E-state index contributed by atoms with van der Waals surface area (Å²) in [6.07, 6.45) is 17.9. The van der Waals surface area contributed by atoms with Gasteiger partial charge < -0.3 is 9.88 Å². The van der Waals surface area contributed by atoms with Crippen LogP contribution >= 0.6 is 0 Å². The van der Waals surface area contributed by atoms with Crippen LogP contribution in [0.5, 0.6) is 0 Å². The summed E-state index contributed by atoms with van der Waals surface area (Å²) in [6.45, 7) is 15.1. The first kappa shape index (κ1) is 23.8. The fourth-order valence-electron chi connectivity index (χ4n) is 2.23. The summed E-state index contributed by atoms with van der Waals surface area (Å²) in [5, 5.41) is 0. The first-order valence-corrected chi connectivity index (χ1v) is 9.81. The van der Waals surface area contributed by atoms with E-state index in [1.807, 2.05) is 26.1 Å². The van der Waals surface area contributed by atoms with Crippen molar-refractivity contribution in [2.24, 2.45) is 0 Å². The number of hydrogen-bond donors (Lipinski definition) is 1. The molecule has 1 aliphatic carbocycles. The first-order chi connectivity index (χ1) is 12.6. The van der Waals surface area contributed by atoms with Gasteiger partial charge >= 0.3 is 0 Å². The molecule has 1 N–H and O–H groups in total. The summed E-state index contributed by atoms with van der Waals surface area (Å²) in [4.78, 5) is 5.65. The Kier molecular flexibility index (Phi) is 13.8. The number of H-pyrrole nitrogens is 1. The maximum absolute atomic E-state index is 3.68. The third-order valence-electron chi connectivity index (χ3n) is 3.54. The number of aromatic nitrogens is 1. The third kappa shape index (κ3) is 10.6. The van der Waals surface area contributed by atoms with E-state index < -0.39 is 0 Å². The summed E-state index contributed by atoms with van der Waals surface area (Å²) >= 11 is 0. The molecule has 2 rings (SSSR count). The second-order valence-electron chi connectivity index (χ2n) is 6.16. The molecule has 0 radical (unpaired) electrons. The lowest BCUT2D eigenvalue weighted by Crippen LogP contribution is -2.14. The molecule has 1 aromatic heterocycles. The van der Waals surface area contributed by atoms with E-state index >= 15 is 0 Å². The van der Waals surface area contributed by atoms with Gasteiger partial charge in [0.1, 0.15) is 0 Å². The number of allylic oxidation sites excluding steroid dienone is 7. The van der Waals surface area contributed by atoms with Gasteiger partial charge in [-0.3, -0.25) is 0 Å². The minimum Gasteiger partial charge on any atom is -0.380 e. The third-order valence-corrected chi connectivity index (χ3v) is 3.54. The van der Waals surface area contributed by atoms with Gasteiger partial charge in [0.25, 0.3) is 0 Å². The molecule has 0 spiro atoms. The molecule has 26 heavy (non-hydrogen) atoms. The largest absolute Gasteiger partial charge is 0.380 e. The first-order valence-electron chi connectivity index (χ1n) is 9.81. The molecule has 146 valence electrons. The van der Waals surface area contributed by atoms with E-state index in [4.69, 9.17) is 0 Å². The Morgan fingerprint density at radius 3 is 2.50 bits per heavy atom. The van der Waals surface area contributed by atoms with Crippen molar-refractivity contribution in [2.45, 2.75) is 53.9 Å². The van der Waals surface area contributed by atoms with Crippen molar-refractivity contribution >= 4 is 6.08 Å². The SMILES string of the molecule is C=C/C=C\N(C)CCc1ccc(/C=C2/C=CC(C)=CC2)[nH]1.CC.CCC.[HH]. The Labute approximate surface area is 163 Å². The molecule has 0 fully saturated rings. The predicted octanol–water partition coefficient (Wildman–Crippen LogP) is 7.17. The maximum Gasteiger partial charge on any atom is 0.0385 e. The van der Waals surface area contributed by atoms with E-state index in [1.54, 1.807) is 6.08 Å². The fourth-order valence-corrected chi connectivity index (χ4v) is 2.23. The minimum atomic E-state index is 0. The molecule has 2 heteroatoms. The molecule has 0 aliphatic heterocycles. The lowest BCUT2D eigenvalue weighted by molar-refractivity contribution is 0.458. The normalized spacial score (nSPS) is 14.2. The van der Waals surface area contributed by atoms with E-state index in [0.717, 1.165) is 19.4 Å². The second-order valence-corrected chi connectivity index (χ2v) is 6.16. The van der Waals surface area contributed by atoms with Crippen molar-refractivity contribution in [3.8, 4) is 0 Å². The van der Waals surface area contributed by atoms with Crippen molar-refractivity contribution in [1.82, 2.24) is 9.88 Å². The Bertz CT molecular complexity index is 618. The van der Waals surface area contributed by atoms with Crippen LogP contribution < -0.4 is 0 Å². The van der Waals surface area contributed by atoms with Gasteiger partial charge in [0.15, 0.2) is 0 Å². The van der Waals surface area contributed by atoms with Crippen molar-refractivity contribution in [1.29, 1.82) is 0 Å². The van der Waals surface area contributed by atoms with E-state index in [0.29, 0.717) is 0 Å². The Hall–Kier alpha value is -2.22. The van der Waals surface area contributed by atoms with Gasteiger partial charge in [-0.1, -0.05) is 70.6 Å². The Morgan fingerprint density at radius 1 is 1.23 bits per heavy atom. The van der Waals surface area contributed by atoms with E-state index in [1.165, 1.54) is 29.0 Å². The predicted molar refractivity (Wildman–Crippen MR) is 121 cm³/mol. The zero-order valence-electron chi connectivity index (χ0n) is 17.7. The standard InChI is InChI=1S/C19H24N2.C3H8.C2H6.H2/c1-4-5-13-21(3)14-12-18-10-11-19(20-18)15-17-8-6-16(2)7-9-17;1-3-2;1-2;/h4-8,10-11,13,15,20H,1,9,12,14H2,2-3H3;3H2,1-2H3;1-2H3;1H/b13-5-,17-15-;;;. The van der Waals surface area contributed by atoms with Crippen molar-refractivity contribution < 1.29 is 1.43 Å². The van der Waals surface area contributed by atoms with Crippen LogP contribution in [0.3, 0.4) is 0 Å². The molecule has 0 unspecified atom stereocenters. The van der Waals surface area contributed by atoms with Crippen LogP contribution in [0.1, 0.15) is 60.3 Å². The Balaban J connectivity index is 0. The summed E-state index contributed by atoms with van der Waals surface area (Å²) in [6, 6.07) is 4.33. The molecule has 0 saturated heterocycles. The van der Waals surface area contributed by atoms with E-state index in [-0.39, 0.29) is 1.43 Å². The second kappa shape index (κ2) is 15.1. The Morgan fingerprint density at radius 2 is 1.92 bits per heavy atom. The van der Waals surface area contributed by atoms with Crippen LogP contribution in [0.2, 0.25) is 0 Å². The number of rotatable bonds is 6. The van der Waals surface area contributed by atoms with E-state index in [9.17, 15) is 0 Å². The molecule has 0 atom stereocenters. The number of hydrogen-bond acceptors (Lipinski definition) is 1. The highest BCUT2D eigenvalue weighted by atomic mass is 15.1. The lowest BCUT2D eigenvalue weighted by atomic mass is 10.0. The number of nitrogens with zero attached hydrogens (tertiary/aromatic N) is 1. The van der Waals surface area contributed by atoms with Crippen molar-refractivity contribution in [3.05, 3.63) is 77.8 Å². The van der Waals surface area contributed by atoms with Crippen LogP contribution in [-0.2, 0) is 6.42 Å². The molecule has 2 nitrogen and oxygen atoms in total. The van der Waals surface area contributed by atoms with Crippen LogP contribution in [0, 0.1) is 0 Å². The summed E-state index contributed by atoms with van der Waals surface area (Å²) in [5.41, 5.74) is 5.14. The average molecular weight is 357 g/mol. The van der Waals surface area contributed by atoms with Crippen LogP contribution in [0.15, 0.2) is 66.4 Å². The molecular weight excluding hydrogens is 316 g/mol. The zero-order valence-corrected chi connectivity index (χ0v) is 17.7. The molecule has 1 aromatic rings. The van der Waals surface area contributed by atoms with Gasteiger partial charge in [-0.2, -0.15) is 0 Å². The molecular formula is C24H40N2. The van der Waals surface area contributed by atoms with Crippen LogP contribution in [-0.4, -0.2) is 23.5 Å². The van der Waals surface area contributed by atoms with Crippen molar-refractivity contribution in [3.63, 3.8) is 0 Å². The molecule has 1 heterocycles. The van der Waals surface area contributed by atoms with Crippen molar-refractivity contribution in [2.75, 3.05) is 13.6 Å². The van der Waals surface area contributed by atoms with Gasteiger partial charge in [0.05, 0.1) is 0 Å². The average Bonchev–Trinajstić information content (AvgIpc) is 3.10. The topological polar surface area (TPSA) is 19.0 Å². The van der Waals surface area contributed by atoms with Gasteiger partial charge in [-0.25, -0.2) is 0 Å². The van der Waals surface area contributed by atoms with Gasteiger partial charge in [-0.05, 0) is 49.4 Å². The van der Waals surface area contributed by atoms with Gasteiger partial charge in [-0.15, -0.1) is 0 Å². The number of likely N-dealkylation sites (N-methyl/N-ethyl adjacent to an activating group) is 1. The molecule has 0 amide bonds. The minimum absolute atomic E-state index is 0. The summed E-state index contributed by atoms with van der Waals surface area (Å²) in [5.74, 6) is 0. The molecule has 0 bridgehead atoms. The highest BCUT2D eigenvalue weighted by Gasteiger charge is 2.01. The summed E-state index contributed by atoms with van der Waals surface area (Å²) < 4.78 is 0. The van der Waals surface area contributed by atoms with Gasteiger partial charge in [0, 0.05) is 32.8 Å². The maximum atomic E-state index is 3.68. The smallest absolute Gasteiger partial charge is 0.0385 e. The molecule has 1 aliphatic rings. The fraction of sp³-hybridized carbons (Fsp3) is 0.417. The van der Waals surface area contributed by atoms with E-state index in [2.05, 4.69) is 80.7 Å². The molecule has 0 aromatic carbocycles. The number of aromatic amines is 1. The lowest BCUT2D eigenvalue weighted by Gasteiger charge is -2.12. The highest BCUT2D eigenvalue weighted by Crippen LogP contribution is 2.18. The zero-order chi connectivity index (χ0) is 19.8. The van der Waals surface area contributed by atoms with Gasteiger partial charge in [0.2, 0.25) is 0 Å².